The van der Waals surface area contributed by atoms with Crippen LogP contribution in [0.4, 0.5) is 0 Å². The summed E-state index contributed by atoms with van der Waals surface area (Å²) in [6.45, 7) is 2.17. The van der Waals surface area contributed by atoms with Gasteiger partial charge in [-0.15, -0.1) is 0 Å². The zero-order valence-corrected chi connectivity index (χ0v) is 20.5. The van der Waals surface area contributed by atoms with Gasteiger partial charge in [-0.2, -0.15) is 0 Å². The summed E-state index contributed by atoms with van der Waals surface area (Å²) in [5.74, 6) is 0.481. The summed E-state index contributed by atoms with van der Waals surface area (Å²) >= 11 is 6.63. The number of thioether (sulfide) groups is 1. The molecule has 1 unspecified atom stereocenters. The molecule has 1 fully saturated rings. The zero-order valence-electron chi connectivity index (χ0n) is 18.8. The minimum atomic E-state index is -0.962. The maximum absolute atomic E-state index is 13.4. The molecule has 1 saturated heterocycles. The third-order valence-corrected chi connectivity index (χ3v) is 6.18. The number of hydrogen-bond acceptors (Lipinski definition) is 8. The van der Waals surface area contributed by atoms with Crippen molar-refractivity contribution in [1.29, 1.82) is 0 Å². The lowest BCUT2D eigenvalue weighted by atomic mass is 10.1. The molecule has 0 aliphatic carbocycles. The molecule has 1 aliphatic heterocycles. The number of esters is 1. The van der Waals surface area contributed by atoms with Crippen LogP contribution in [0.3, 0.4) is 0 Å². The highest BCUT2D eigenvalue weighted by Crippen LogP contribution is 2.42. The Balaban J connectivity index is 1.99. The highest BCUT2D eigenvalue weighted by molar-refractivity contribution is 8.26. The van der Waals surface area contributed by atoms with Crippen LogP contribution in [0.15, 0.2) is 47.4 Å². The van der Waals surface area contributed by atoms with E-state index < -0.39 is 12.0 Å². The molecule has 2 aromatic carbocycles. The van der Waals surface area contributed by atoms with Crippen LogP contribution in [-0.4, -0.2) is 49.0 Å². The maximum atomic E-state index is 13.4. The summed E-state index contributed by atoms with van der Waals surface area (Å²) in [4.78, 5) is 28.0. The Morgan fingerprint density at radius 1 is 1.09 bits per heavy atom. The quantitative estimate of drug-likeness (QED) is 0.288. The summed E-state index contributed by atoms with van der Waals surface area (Å²) in [5, 5.41) is 0. The van der Waals surface area contributed by atoms with Crippen molar-refractivity contribution in [3.05, 3.63) is 58.5 Å². The van der Waals surface area contributed by atoms with Crippen LogP contribution < -0.4 is 14.2 Å². The Morgan fingerprint density at radius 3 is 2.27 bits per heavy atom. The predicted octanol–water partition coefficient (Wildman–Crippen LogP) is 4.61. The van der Waals surface area contributed by atoms with E-state index in [-0.39, 0.29) is 16.8 Å². The monoisotopic (exact) mass is 487 g/mol. The first-order valence-corrected chi connectivity index (χ1v) is 11.5. The average molecular weight is 488 g/mol. The van der Waals surface area contributed by atoms with E-state index in [0.29, 0.717) is 39.7 Å². The molecule has 1 atom stereocenters. The van der Waals surface area contributed by atoms with Gasteiger partial charge in [-0.25, -0.2) is 4.79 Å². The molecule has 0 bridgehead atoms. The standard InChI is InChI=1S/C24H25NO6S2/c1-5-11-31-23(27)20(16-9-7-6-8-10-16)25-22(26)19(33-24(25)32)14-15-12-17(28-2)21(30-4)18(13-15)29-3/h6-10,12-14,20H,5,11H2,1-4H3/b19-14-. The van der Waals surface area contributed by atoms with Crippen LogP contribution in [-0.2, 0) is 14.3 Å². The number of thiocarbonyl (C=S) groups is 1. The fourth-order valence-corrected chi connectivity index (χ4v) is 4.66. The number of rotatable bonds is 9. The lowest BCUT2D eigenvalue weighted by Gasteiger charge is -2.25. The van der Waals surface area contributed by atoms with Crippen molar-refractivity contribution in [2.45, 2.75) is 19.4 Å². The van der Waals surface area contributed by atoms with Crippen LogP contribution in [0.2, 0.25) is 0 Å². The largest absolute Gasteiger partial charge is 0.493 e. The molecule has 1 aliphatic rings. The van der Waals surface area contributed by atoms with Gasteiger partial charge in [0.1, 0.15) is 4.32 Å². The molecule has 1 heterocycles. The second kappa shape index (κ2) is 11.2. The molecule has 174 valence electrons. The highest BCUT2D eigenvalue weighted by atomic mass is 32.2. The van der Waals surface area contributed by atoms with Gasteiger partial charge in [0.15, 0.2) is 17.5 Å². The van der Waals surface area contributed by atoms with Crippen molar-refractivity contribution >= 4 is 46.3 Å². The van der Waals surface area contributed by atoms with Crippen molar-refractivity contribution in [2.75, 3.05) is 27.9 Å². The lowest BCUT2D eigenvalue weighted by Crippen LogP contribution is -2.38. The summed E-state index contributed by atoms with van der Waals surface area (Å²) in [7, 11) is 4.56. The fourth-order valence-electron chi connectivity index (χ4n) is 3.35. The van der Waals surface area contributed by atoms with Crippen LogP contribution >= 0.6 is 24.0 Å². The van der Waals surface area contributed by atoms with E-state index in [2.05, 4.69) is 0 Å². The molecule has 33 heavy (non-hydrogen) atoms. The minimum absolute atomic E-state index is 0.262. The Bertz CT molecular complexity index is 1040. The first kappa shape index (κ1) is 24.6. The first-order chi connectivity index (χ1) is 15.9. The van der Waals surface area contributed by atoms with Gasteiger partial charge in [-0.1, -0.05) is 61.2 Å². The maximum Gasteiger partial charge on any atom is 0.333 e. The predicted molar refractivity (Wildman–Crippen MR) is 132 cm³/mol. The van der Waals surface area contributed by atoms with Crippen molar-refractivity contribution in [1.82, 2.24) is 4.90 Å². The SMILES string of the molecule is CCCOC(=O)C(c1ccccc1)N1C(=O)/C(=C/c2cc(OC)c(OC)c(OC)c2)SC1=S. The Kier molecular flexibility index (Phi) is 8.35. The van der Waals surface area contributed by atoms with E-state index in [9.17, 15) is 9.59 Å². The Hall–Kier alpha value is -3.04. The van der Waals surface area contributed by atoms with E-state index in [1.54, 1.807) is 42.5 Å². The van der Waals surface area contributed by atoms with Crippen LogP contribution in [0.1, 0.15) is 30.5 Å². The first-order valence-electron chi connectivity index (χ1n) is 10.2. The fraction of sp³-hybridized carbons (Fsp3) is 0.292. The van der Waals surface area contributed by atoms with Gasteiger partial charge in [0, 0.05) is 0 Å². The van der Waals surface area contributed by atoms with Gasteiger partial charge in [0.25, 0.3) is 5.91 Å². The molecule has 9 heteroatoms. The number of ether oxygens (including phenoxy) is 4. The molecule has 0 spiro atoms. The summed E-state index contributed by atoms with van der Waals surface area (Å²) in [6, 6.07) is 11.5. The van der Waals surface area contributed by atoms with Gasteiger partial charge in [0.05, 0.1) is 32.8 Å². The van der Waals surface area contributed by atoms with E-state index in [1.165, 1.54) is 26.2 Å². The molecule has 0 saturated carbocycles. The number of nitrogens with zero attached hydrogens (tertiary/aromatic N) is 1. The third kappa shape index (κ3) is 5.31. The van der Waals surface area contributed by atoms with Crippen molar-refractivity contribution in [3.8, 4) is 17.2 Å². The number of carbonyl (C=O) groups is 2. The molecule has 0 N–H and O–H groups in total. The second-order valence-corrected chi connectivity index (χ2v) is 8.67. The summed E-state index contributed by atoms with van der Waals surface area (Å²) < 4.78 is 21.8. The van der Waals surface area contributed by atoms with Crippen LogP contribution in [0.25, 0.3) is 6.08 Å². The number of hydrogen-bond donors (Lipinski definition) is 0. The van der Waals surface area contributed by atoms with Crippen LogP contribution in [0.5, 0.6) is 17.2 Å². The van der Waals surface area contributed by atoms with Gasteiger partial charge < -0.3 is 18.9 Å². The molecular weight excluding hydrogens is 462 g/mol. The molecule has 0 aromatic heterocycles. The number of methoxy groups -OCH3 is 3. The smallest absolute Gasteiger partial charge is 0.333 e. The molecular formula is C24H25NO6S2. The Labute approximate surface area is 202 Å². The normalized spacial score (nSPS) is 15.5. The van der Waals surface area contributed by atoms with E-state index in [1.807, 2.05) is 13.0 Å². The van der Waals surface area contributed by atoms with Crippen LogP contribution in [0, 0.1) is 0 Å². The molecule has 1 amide bonds. The number of amides is 1. The van der Waals surface area contributed by atoms with Gasteiger partial charge in [-0.3, -0.25) is 9.69 Å². The average Bonchev–Trinajstić information content (AvgIpc) is 3.10. The van der Waals surface area contributed by atoms with E-state index in [0.717, 1.165) is 11.8 Å². The molecule has 3 rings (SSSR count). The van der Waals surface area contributed by atoms with E-state index >= 15 is 0 Å². The third-order valence-electron chi connectivity index (χ3n) is 4.85. The number of benzene rings is 2. The van der Waals surface area contributed by atoms with Gasteiger partial charge in [0.2, 0.25) is 5.75 Å². The summed E-state index contributed by atoms with van der Waals surface area (Å²) in [6.07, 6.45) is 2.36. The van der Waals surface area contributed by atoms with E-state index in [4.69, 9.17) is 31.2 Å². The number of carbonyl (C=O) groups excluding carboxylic acids is 2. The second-order valence-electron chi connectivity index (χ2n) is 6.99. The topological polar surface area (TPSA) is 74.3 Å². The summed E-state index contributed by atoms with van der Waals surface area (Å²) in [5.41, 5.74) is 1.29. The molecule has 7 nitrogen and oxygen atoms in total. The van der Waals surface area contributed by atoms with Gasteiger partial charge >= 0.3 is 5.97 Å². The van der Waals surface area contributed by atoms with Crippen molar-refractivity contribution in [2.24, 2.45) is 0 Å². The van der Waals surface area contributed by atoms with Crippen molar-refractivity contribution < 1.29 is 28.5 Å². The zero-order chi connectivity index (χ0) is 24.0. The minimum Gasteiger partial charge on any atom is -0.493 e. The van der Waals surface area contributed by atoms with Crippen molar-refractivity contribution in [3.63, 3.8) is 0 Å². The lowest BCUT2D eigenvalue weighted by molar-refractivity contribution is -0.151. The molecule has 0 radical (unpaired) electrons. The Morgan fingerprint density at radius 2 is 1.73 bits per heavy atom. The molecule has 2 aromatic rings. The highest BCUT2D eigenvalue weighted by Gasteiger charge is 2.42. The van der Waals surface area contributed by atoms with Gasteiger partial charge in [-0.05, 0) is 35.8 Å².